The maximum atomic E-state index is 12.5. The average Bonchev–Trinajstić information content (AvgIpc) is 2.47. The number of halogens is 1. The average molecular weight is 350 g/mol. The third-order valence-electron chi connectivity index (χ3n) is 4.53. The van der Waals surface area contributed by atoms with Crippen molar-refractivity contribution in [3.05, 3.63) is 23.2 Å². The number of carbonyl (C=O) groups is 2. The Bertz CT molecular complexity index is 712. The molecule has 1 aromatic carbocycles. The van der Waals surface area contributed by atoms with Crippen LogP contribution < -0.4 is 5.32 Å². The number of nitrogens with zero attached hydrogens (tertiary/aromatic N) is 2. The first-order valence-electron chi connectivity index (χ1n) is 7.40. The smallest absolute Gasteiger partial charge is 0.238 e. The topological polar surface area (TPSA) is 73.2 Å². The fourth-order valence-corrected chi connectivity index (χ4v) is 4.08. The molecular weight excluding hydrogens is 334 g/mol. The minimum Gasteiger partial charge on any atom is -0.327 e. The summed E-state index contributed by atoms with van der Waals surface area (Å²) in [5.41, 5.74) is -0.00440. The summed E-state index contributed by atoms with van der Waals surface area (Å²) >= 11 is 7.29. The molecule has 0 saturated heterocycles. The molecule has 1 saturated carbocycles. The molecule has 1 N–H and O–H groups in total. The van der Waals surface area contributed by atoms with Gasteiger partial charge in [-0.15, -0.1) is 11.8 Å². The molecule has 7 heteroatoms. The van der Waals surface area contributed by atoms with Gasteiger partial charge in [-0.3, -0.25) is 9.59 Å². The zero-order chi connectivity index (χ0) is 16.6. The number of nitrogens with one attached hydrogen (secondary N) is 1. The molecule has 1 aliphatic carbocycles. The van der Waals surface area contributed by atoms with Gasteiger partial charge in [0.25, 0.3) is 0 Å². The molecule has 1 unspecified atom stereocenters. The van der Waals surface area contributed by atoms with E-state index in [9.17, 15) is 14.9 Å². The van der Waals surface area contributed by atoms with Crippen molar-refractivity contribution in [2.75, 3.05) is 12.4 Å². The van der Waals surface area contributed by atoms with Crippen molar-refractivity contribution in [1.29, 1.82) is 5.26 Å². The van der Waals surface area contributed by atoms with Gasteiger partial charge in [0, 0.05) is 23.4 Å². The third kappa shape index (κ3) is 2.91. The lowest BCUT2D eigenvalue weighted by atomic mass is 9.76. The number of thioether (sulfide) groups is 1. The van der Waals surface area contributed by atoms with E-state index in [0.29, 0.717) is 23.6 Å². The van der Waals surface area contributed by atoms with Crippen molar-refractivity contribution >= 4 is 40.9 Å². The van der Waals surface area contributed by atoms with Gasteiger partial charge in [0.05, 0.1) is 17.0 Å². The second kappa shape index (κ2) is 6.06. The molecule has 1 aromatic rings. The van der Waals surface area contributed by atoms with Crippen molar-refractivity contribution in [1.82, 2.24) is 4.90 Å². The van der Waals surface area contributed by atoms with Gasteiger partial charge in [-0.25, -0.2) is 0 Å². The number of hydrogen-bond acceptors (Lipinski definition) is 4. The van der Waals surface area contributed by atoms with E-state index in [0.717, 1.165) is 11.3 Å². The van der Waals surface area contributed by atoms with Crippen LogP contribution in [0, 0.1) is 11.3 Å². The lowest BCUT2D eigenvalue weighted by Crippen LogP contribution is -2.54. The van der Waals surface area contributed by atoms with Crippen LogP contribution in [-0.2, 0) is 9.59 Å². The van der Waals surface area contributed by atoms with Crippen LogP contribution in [0.25, 0.3) is 0 Å². The van der Waals surface area contributed by atoms with E-state index in [1.807, 2.05) is 6.07 Å². The van der Waals surface area contributed by atoms with E-state index in [2.05, 4.69) is 11.4 Å². The minimum absolute atomic E-state index is 0.0818. The predicted molar refractivity (Wildman–Crippen MR) is 89.3 cm³/mol. The highest BCUT2D eigenvalue weighted by Crippen LogP contribution is 2.40. The summed E-state index contributed by atoms with van der Waals surface area (Å²) in [6, 6.07) is 7.55. The van der Waals surface area contributed by atoms with Crippen LogP contribution in [0.5, 0.6) is 0 Å². The molecular formula is C16H16ClN3O2S. The summed E-state index contributed by atoms with van der Waals surface area (Å²) < 4.78 is 0. The monoisotopic (exact) mass is 349 g/mol. The van der Waals surface area contributed by atoms with Crippen LogP contribution in [0.4, 0.5) is 5.69 Å². The van der Waals surface area contributed by atoms with Crippen LogP contribution in [0.15, 0.2) is 23.1 Å². The van der Waals surface area contributed by atoms with Gasteiger partial charge in [0.15, 0.2) is 0 Å². The first kappa shape index (κ1) is 16.2. The number of amides is 2. The summed E-state index contributed by atoms with van der Waals surface area (Å²) in [6.07, 6.45) is 2.45. The summed E-state index contributed by atoms with van der Waals surface area (Å²) in [6.45, 7) is 0. The van der Waals surface area contributed by atoms with Crippen molar-refractivity contribution in [2.24, 2.45) is 0 Å². The quantitative estimate of drug-likeness (QED) is 0.910. The molecule has 2 aliphatic rings. The van der Waals surface area contributed by atoms with Gasteiger partial charge >= 0.3 is 0 Å². The highest BCUT2D eigenvalue weighted by atomic mass is 35.5. The van der Waals surface area contributed by atoms with E-state index in [4.69, 9.17) is 11.6 Å². The number of nitriles is 1. The summed E-state index contributed by atoms with van der Waals surface area (Å²) in [4.78, 5) is 27.1. The van der Waals surface area contributed by atoms with Crippen LogP contribution in [0.2, 0.25) is 5.02 Å². The van der Waals surface area contributed by atoms with Gasteiger partial charge in [-0.1, -0.05) is 11.6 Å². The molecule has 1 heterocycles. The normalized spacial score (nSPS) is 21.4. The molecule has 5 nitrogen and oxygen atoms in total. The van der Waals surface area contributed by atoms with Gasteiger partial charge in [0.2, 0.25) is 11.8 Å². The fraction of sp³-hybridized carbons (Fsp3) is 0.438. The van der Waals surface area contributed by atoms with Crippen molar-refractivity contribution in [2.45, 2.75) is 41.4 Å². The Labute approximate surface area is 144 Å². The Morgan fingerprint density at radius 3 is 2.91 bits per heavy atom. The Morgan fingerprint density at radius 2 is 2.30 bits per heavy atom. The first-order chi connectivity index (χ1) is 10.9. The highest BCUT2D eigenvalue weighted by Gasteiger charge is 2.44. The van der Waals surface area contributed by atoms with Gasteiger partial charge in [-0.05, 0) is 37.5 Å². The number of rotatable bonds is 3. The molecule has 0 radical (unpaired) electrons. The van der Waals surface area contributed by atoms with Crippen molar-refractivity contribution in [3.8, 4) is 6.07 Å². The Morgan fingerprint density at radius 1 is 1.57 bits per heavy atom. The van der Waals surface area contributed by atoms with Crippen LogP contribution in [-0.4, -0.2) is 34.6 Å². The fourth-order valence-electron chi connectivity index (χ4n) is 2.83. The van der Waals surface area contributed by atoms with Gasteiger partial charge < -0.3 is 10.2 Å². The van der Waals surface area contributed by atoms with Crippen molar-refractivity contribution in [3.63, 3.8) is 0 Å². The first-order valence-corrected chi connectivity index (χ1v) is 8.66. The third-order valence-corrected chi connectivity index (χ3v) is 6.04. The van der Waals surface area contributed by atoms with E-state index < -0.39 is 10.8 Å². The SMILES string of the molecule is CN(C(=O)CC1Sc2ccc(Cl)cc2NC1=O)C1(C#N)CCC1. The van der Waals surface area contributed by atoms with Gasteiger partial charge in [-0.2, -0.15) is 5.26 Å². The van der Waals surface area contributed by atoms with E-state index in [-0.39, 0.29) is 18.2 Å². The standard InChI is InChI=1S/C16H16ClN3O2S/c1-20(16(9-18)5-2-6-16)14(21)8-13-15(22)19-11-7-10(17)3-4-12(11)23-13/h3-4,7,13H,2,5-6,8H2,1H3,(H,19,22). The lowest BCUT2D eigenvalue weighted by Gasteiger charge is -2.43. The number of anilines is 1. The zero-order valence-electron chi connectivity index (χ0n) is 12.6. The Balaban J connectivity index is 1.71. The van der Waals surface area contributed by atoms with Crippen LogP contribution >= 0.6 is 23.4 Å². The van der Waals surface area contributed by atoms with Crippen molar-refractivity contribution < 1.29 is 9.59 Å². The lowest BCUT2D eigenvalue weighted by molar-refractivity contribution is -0.137. The molecule has 2 amide bonds. The molecule has 1 aliphatic heterocycles. The maximum absolute atomic E-state index is 12.5. The van der Waals surface area contributed by atoms with E-state index >= 15 is 0 Å². The van der Waals surface area contributed by atoms with Gasteiger partial charge in [0.1, 0.15) is 5.54 Å². The number of benzene rings is 1. The number of hydrogen-bond donors (Lipinski definition) is 1. The largest absolute Gasteiger partial charge is 0.327 e. The van der Waals surface area contributed by atoms with Crippen LogP contribution in [0.3, 0.4) is 0 Å². The summed E-state index contributed by atoms with van der Waals surface area (Å²) in [7, 11) is 1.66. The summed E-state index contributed by atoms with van der Waals surface area (Å²) in [5, 5.41) is 12.2. The highest BCUT2D eigenvalue weighted by molar-refractivity contribution is 8.01. The molecule has 1 fully saturated rings. The second-order valence-electron chi connectivity index (χ2n) is 5.89. The molecule has 23 heavy (non-hydrogen) atoms. The van der Waals surface area contributed by atoms with E-state index in [1.54, 1.807) is 19.2 Å². The predicted octanol–water partition coefficient (Wildman–Crippen LogP) is 3.05. The molecule has 3 rings (SSSR count). The Kier molecular flexibility index (Phi) is 4.26. The second-order valence-corrected chi connectivity index (χ2v) is 7.57. The number of fused-ring (bicyclic) bond motifs is 1. The maximum Gasteiger partial charge on any atom is 0.238 e. The number of carbonyl (C=O) groups excluding carboxylic acids is 2. The Hall–Kier alpha value is -1.71. The molecule has 0 spiro atoms. The molecule has 0 bridgehead atoms. The zero-order valence-corrected chi connectivity index (χ0v) is 14.2. The minimum atomic E-state index is -0.682. The van der Waals surface area contributed by atoms with E-state index in [1.165, 1.54) is 16.7 Å². The molecule has 0 aromatic heterocycles. The summed E-state index contributed by atoms with van der Waals surface area (Å²) in [5.74, 6) is -0.373. The van der Waals surface area contributed by atoms with Crippen LogP contribution in [0.1, 0.15) is 25.7 Å². The molecule has 1 atom stereocenters. The molecule has 120 valence electrons.